The SMILES string of the molecule is COc1cc(Br)c2c(c1O)[C@]13CCN(C=O)[C@H](C2)[C@@H]1CCC(=O)C3. The average Bonchev–Trinajstić information content (AvgIpc) is 2.57. The number of rotatable bonds is 2. The number of fused-ring (bicyclic) bond motifs is 1. The minimum Gasteiger partial charge on any atom is -0.504 e. The number of carbonyl (C=O) groups is 2. The molecule has 4 rings (SSSR count). The van der Waals surface area contributed by atoms with Gasteiger partial charge in [0.15, 0.2) is 11.5 Å². The molecule has 6 heteroatoms. The zero-order chi connectivity index (χ0) is 17.1. The Balaban J connectivity index is 1.98. The van der Waals surface area contributed by atoms with Crippen LogP contribution >= 0.6 is 15.9 Å². The zero-order valence-electron chi connectivity index (χ0n) is 13.5. The Morgan fingerprint density at radius 2 is 2.29 bits per heavy atom. The van der Waals surface area contributed by atoms with E-state index in [1.807, 2.05) is 4.90 Å². The fraction of sp³-hybridized carbons (Fsp3) is 0.556. The largest absolute Gasteiger partial charge is 0.504 e. The van der Waals surface area contributed by atoms with Gasteiger partial charge in [-0.15, -0.1) is 0 Å². The number of hydrogen-bond donors (Lipinski definition) is 1. The Morgan fingerprint density at radius 3 is 3.00 bits per heavy atom. The lowest BCUT2D eigenvalue weighted by Crippen LogP contribution is -2.61. The Morgan fingerprint density at radius 1 is 1.50 bits per heavy atom. The van der Waals surface area contributed by atoms with Crippen molar-refractivity contribution >= 4 is 28.1 Å². The molecule has 2 fully saturated rings. The number of phenolic OH excluding ortho intramolecular Hbond substituents is 1. The highest BCUT2D eigenvalue weighted by molar-refractivity contribution is 9.10. The lowest BCUT2D eigenvalue weighted by atomic mass is 9.52. The van der Waals surface area contributed by atoms with E-state index in [0.717, 1.165) is 28.4 Å². The molecule has 0 radical (unpaired) electrons. The Bertz CT molecular complexity index is 734. The maximum atomic E-state index is 12.3. The van der Waals surface area contributed by atoms with Crippen LogP contribution in [-0.2, 0) is 21.4 Å². The number of nitrogens with zero attached hydrogens (tertiary/aromatic N) is 1. The van der Waals surface area contributed by atoms with Crippen molar-refractivity contribution in [2.75, 3.05) is 13.7 Å². The molecule has 0 spiro atoms. The minimum absolute atomic E-state index is 0.0981. The molecule has 1 saturated heterocycles. The van der Waals surface area contributed by atoms with Crippen LogP contribution in [0.1, 0.15) is 36.8 Å². The van der Waals surface area contributed by atoms with Crippen molar-refractivity contribution in [3.05, 3.63) is 21.7 Å². The van der Waals surface area contributed by atoms with Crippen LogP contribution in [0.2, 0.25) is 0 Å². The molecule has 3 aliphatic rings. The summed E-state index contributed by atoms with van der Waals surface area (Å²) >= 11 is 3.60. The Kier molecular flexibility index (Phi) is 3.64. The van der Waals surface area contributed by atoms with Gasteiger partial charge in [0.25, 0.3) is 0 Å². The van der Waals surface area contributed by atoms with Crippen molar-refractivity contribution in [1.82, 2.24) is 4.90 Å². The predicted molar refractivity (Wildman–Crippen MR) is 91.3 cm³/mol. The number of likely N-dealkylation sites (tertiary alicyclic amines) is 1. The van der Waals surface area contributed by atoms with Crippen LogP contribution in [0, 0.1) is 5.92 Å². The highest BCUT2D eigenvalue weighted by Gasteiger charge is 2.57. The molecule has 2 aliphatic carbocycles. The average molecular weight is 394 g/mol. The van der Waals surface area contributed by atoms with E-state index in [-0.39, 0.29) is 28.9 Å². The topological polar surface area (TPSA) is 66.8 Å². The molecular weight excluding hydrogens is 374 g/mol. The van der Waals surface area contributed by atoms with Crippen molar-refractivity contribution in [3.8, 4) is 11.5 Å². The quantitative estimate of drug-likeness (QED) is 0.784. The number of aromatic hydroxyl groups is 1. The van der Waals surface area contributed by atoms with Gasteiger partial charge in [0.05, 0.1) is 7.11 Å². The van der Waals surface area contributed by atoms with Gasteiger partial charge < -0.3 is 14.7 Å². The van der Waals surface area contributed by atoms with Crippen molar-refractivity contribution in [1.29, 1.82) is 0 Å². The first-order chi connectivity index (χ1) is 11.5. The molecule has 5 nitrogen and oxygen atoms in total. The summed E-state index contributed by atoms with van der Waals surface area (Å²) < 4.78 is 6.22. The molecule has 1 amide bonds. The zero-order valence-corrected chi connectivity index (χ0v) is 15.1. The molecule has 1 aromatic rings. The van der Waals surface area contributed by atoms with E-state index in [9.17, 15) is 14.7 Å². The Labute approximate surface area is 149 Å². The smallest absolute Gasteiger partial charge is 0.209 e. The van der Waals surface area contributed by atoms with Gasteiger partial charge in [-0.05, 0) is 36.8 Å². The second-order valence-electron chi connectivity index (χ2n) is 7.14. The molecule has 1 aliphatic heterocycles. The molecule has 128 valence electrons. The third-order valence-electron chi connectivity index (χ3n) is 6.25. The van der Waals surface area contributed by atoms with Gasteiger partial charge in [-0.25, -0.2) is 0 Å². The van der Waals surface area contributed by atoms with Crippen molar-refractivity contribution in [2.45, 2.75) is 43.6 Å². The summed E-state index contributed by atoms with van der Waals surface area (Å²) in [6, 6.07) is 1.87. The van der Waals surface area contributed by atoms with E-state index in [1.165, 1.54) is 7.11 Å². The maximum Gasteiger partial charge on any atom is 0.209 e. The minimum atomic E-state index is -0.381. The number of Topliss-reactive ketones (excluding diaryl/α,β-unsaturated/α-hetero) is 1. The van der Waals surface area contributed by atoms with E-state index in [1.54, 1.807) is 6.07 Å². The van der Waals surface area contributed by atoms with E-state index in [4.69, 9.17) is 4.74 Å². The summed E-state index contributed by atoms with van der Waals surface area (Å²) in [6.45, 7) is 0.631. The molecule has 3 atom stereocenters. The number of ether oxygens (including phenoxy) is 1. The number of halogens is 1. The van der Waals surface area contributed by atoms with Crippen LogP contribution in [0.25, 0.3) is 0 Å². The van der Waals surface area contributed by atoms with Crippen LogP contribution in [0.4, 0.5) is 0 Å². The monoisotopic (exact) mass is 393 g/mol. The highest BCUT2D eigenvalue weighted by Crippen LogP contribution is 2.59. The first-order valence-electron chi connectivity index (χ1n) is 8.33. The van der Waals surface area contributed by atoms with Gasteiger partial charge in [-0.3, -0.25) is 9.59 Å². The molecule has 1 heterocycles. The van der Waals surface area contributed by atoms with Crippen molar-refractivity contribution in [3.63, 3.8) is 0 Å². The lowest BCUT2D eigenvalue weighted by Gasteiger charge is -2.58. The summed E-state index contributed by atoms with van der Waals surface area (Å²) in [5.74, 6) is 1.05. The number of benzene rings is 1. The second kappa shape index (κ2) is 5.48. The molecule has 2 bridgehead atoms. The number of ketones is 1. The summed E-state index contributed by atoms with van der Waals surface area (Å²) in [7, 11) is 1.54. The maximum absolute atomic E-state index is 12.3. The van der Waals surface area contributed by atoms with Gasteiger partial charge in [0.2, 0.25) is 6.41 Å². The first-order valence-corrected chi connectivity index (χ1v) is 9.12. The molecular formula is C18H20BrNO4. The molecule has 0 aromatic heterocycles. The van der Waals surface area contributed by atoms with Crippen molar-refractivity contribution < 1.29 is 19.4 Å². The van der Waals surface area contributed by atoms with Gasteiger partial charge >= 0.3 is 0 Å². The number of piperidine rings is 1. The van der Waals surface area contributed by atoms with Crippen LogP contribution in [-0.4, -0.2) is 41.9 Å². The normalized spacial score (nSPS) is 31.2. The third-order valence-corrected chi connectivity index (χ3v) is 6.96. The standard InChI is InChI=1S/C18H20BrNO4/c1-24-15-7-13(19)11-6-14-12-3-2-10(22)8-18(12,16(11)17(15)23)4-5-20(14)9-21/h7,9,12,14,23H,2-6,8H2,1H3/t12-,14+,18-/m0/s1. The van der Waals surface area contributed by atoms with Crippen LogP contribution in [0.5, 0.6) is 11.5 Å². The molecule has 1 saturated carbocycles. The Hall–Kier alpha value is -1.56. The number of phenols is 1. The van der Waals surface area contributed by atoms with Gasteiger partial charge in [-0.2, -0.15) is 0 Å². The highest BCUT2D eigenvalue weighted by atomic mass is 79.9. The lowest BCUT2D eigenvalue weighted by molar-refractivity contribution is -0.132. The second-order valence-corrected chi connectivity index (χ2v) is 8.00. The summed E-state index contributed by atoms with van der Waals surface area (Å²) in [5, 5.41) is 10.9. The van der Waals surface area contributed by atoms with Crippen molar-refractivity contribution in [2.24, 2.45) is 5.92 Å². The van der Waals surface area contributed by atoms with Gasteiger partial charge in [0.1, 0.15) is 5.78 Å². The van der Waals surface area contributed by atoms with E-state index >= 15 is 0 Å². The van der Waals surface area contributed by atoms with E-state index in [2.05, 4.69) is 15.9 Å². The predicted octanol–water partition coefficient (Wildman–Crippen LogP) is 2.56. The summed E-state index contributed by atoms with van der Waals surface area (Å²) in [5.41, 5.74) is 1.50. The van der Waals surface area contributed by atoms with E-state index < -0.39 is 0 Å². The molecule has 1 aromatic carbocycles. The summed E-state index contributed by atoms with van der Waals surface area (Å²) in [6.07, 6.45) is 4.14. The van der Waals surface area contributed by atoms with Crippen LogP contribution in [0.15, 0.2) is 10.5 Å². The fourth-order valence-electron chi connectivity index (χ4n) is 5.27. The van der Waals surface area contributed by atoms with Crippen LogP contribution in [0.3, 0.4) is 0 Å². The molecule has 24 heavy (non-hydrogen) atoms. The van der Waals surface area contributed by atoms with Crippen LogP contribution < -0.4 is 4.74 Å². The molecule has 0 unspecified atom stereocenters. The number of carbonyl (C=O) groups excluding carboxylic acids is 2. The number of hydrogen-bond acceptors (Lipinski definition) is 4. The third kappa shape index (κ3) is 1.98. The van der Waals surface area contributed by atoms with Gasteiger partial charge in [0, 0.05) is 40.9 Å². The number of methoxy groups -OCH3 is 1. The number of amides is 1. The van der Waals surface area contributed by atoms with Gasteiger partial charge in [-0.1, -0.05) is 15.9 Å². The summed E-state index contributed by atoms with van der Waals surface area (Å²) in [4.78, 5) is 25.7. The fourth-order valence-corrected chi connectivity index (χ4v) is 5.84. The van der Waals surface area contributed by atoms with E-state index in [0.29, 0.717) is 38.0 Å². The molecule has 1 N–H and O–H groups in total. The first kappa shape index (κ1) is 15.9.